The fourth-order valence-corrected chi connectivity index (χ4v) is 3.42. The maximum atomic E-state index is 12.9. The molecule has 24 heavy (non-hydrogen) atoms. The first-order valence-electron chi connectivity index (χ1n) is 7.87. The van der Waals surface area contributed by atoms with Gasteiger partial charge in [0.15, 0.2) is 0 Å². The van der Waals surface area contributed by atoms with Gasteiger partial charge in [-0.15, -0.1) is 0 Å². The summed E-state index contributed by atoms with van der Waals surface area (Å²) in [7, 11) is 1.67. The monoisotopic (exact) mass is 327 g/mol. The van der Waals surface area contributed by atoms with Crippen LogP contribution in [0.5, 0.6) is 0 Å². The molecule has 0 radical (unpaired) electrons. The van der Waals surface area contributed by atoms with Crippen LogP contribution in [0.1, 0.15) is 10.4 Å². The smallest absolute Gasteiger partial charge is 0.410 e. The molecular formula is C17H17N3O4. The van der Waals surface area contributed by atoms with Crippen molar-refractivity contribution in [1.29, 1.82) is 0 Å². The summed E-state index contributed by atoms with van der Waals surface area (Å²) in [4.78, 5) is 40.2. The summed E-state index contributed by atoms with van der Waals surface area (Å²) in [5.41, 5.74) is 0.647. The molecular weight excluding hydrogens is 310 g/mol. The number of nitrogens with zero attached hydrogens (tertiary/aromatic N) is 3. The van der Waals surface area contributed by atoms with Crippen molar-refractivity contribution < 1.29 is 14.3 Å². The third-order valence-electron chi connectivity index (χ3n) is 4.77. The molecule has 2 aliphatic heterocycles. The van der Waals surface area contributed by atoms with E-state index in [-0.39, 0.29) is 29.2 Å². The lowest BCUT2D eigenvalue weighted by atomic mass is 10.1. The molecule has 4 rings (SSSR count). The minimum Gasteiger partial charge on any atom is -0.447 e. The summed E-state index contributed by atoms with van der Waals surface area (Å²) in [6.45, 7) is 1.52. The van der Waals surface area contributed by atoms with E-state index in [1.54, 1.807) is 22.9 Å². The highest BCUT2D eigenvalue weighted by atomic mass is 16.6. The first kappa shape index (κ1) is 14.7. The van der Waals surface area contributed by atoms with Gasteiger partial charge in [-0.05, 0) is 17.5 Å². The van der Waals surface area contributed by atoms with E-state index in [4.69, 9.17) is 4.74 Å². The zero-order valence-corrected chi connectivity index (χ0v) is 13.3. The first-order valence-corrected chi connectivity index (χ1v) is 7.87. The second kappa shape index (κ2) is 5.36. The second-order valence-corrected chi connectivity index (χ2v) is 6.16. The molecule has 1 aromatic carbocycles. The summed E-state index contributed by atoms with van der Waals surface area (Å²) in [5, 5.41) is 0.848. The molecule has 0 N–H and O–H groups in total. The van der Waals surface area contributed by atoms with E-state index in [1.165, 1.54) is 4.57 Å². The second-order valence-electron chi connectivity index (χ2n) is 6.16. The van der Waals surface area contributed by atoms with Crippen LogP contribution in [-0.4, -0.2) is 58.7 Å². The Hall–Kier alpha value is -2.83. The molecule has 1 atom stereocenters. The Morgan fingerprint density at radius 1 is 1.21 bits per heavy atom. The molecule has 1 aromatic heterocycles. The Morgan fingerprint density at radius 2 is 2.00 bits per heavy atom. The van der Waals surface area contributed by atoms with Crippen LogP contribution in [0.15, 0.2) is 35.1 Å². The van der Waals surface area contributed by atoms with Gasteiger partial charge in [-0.3, -0.25) is 14.5 Å². The van der Waals surface area contributed by atoms with Crippen molar-refractivity contribution in [2.75, 3.05) is 26.2 Å². The van der Waals surface area contributed by atoms with Crippen LogP contribution in [-0.2, 0) is 11.8 Å². The number of ether oxygens (including phenoxy) is 1. The fraction of sp³-hybridized carbons (Fsp3) is 0.353. The summed E-state index contributed by atoms with van der Waals surface area (Å²) < 4.78 is 6.52. The fourth-order valence-electron chi connectivity index (χ4n) is 3.42. The lowest BCUT2D eigenvalue weighted by Crippen LogP contribution is -2.54. The Labute approximate surface area is 138 Å². The molecule has 7 heteroatoms. The zero-order chi connectivity index (χ0) is 16.8. The summed E-state index contributed by atoms with van der Waals surface area (Å²) in [6, 6.07) is 9.00. The number of para-hydroxylation sites is 1. The molecule has 0 spiro atoms. The number of aryl methyl sites for hydroxylation is 1. The molecule has 2 fully saturated rings. The SMILES string of the molecule is Cn1c(=O)c(C(=O)N2CCN3C(=O)OCC3C2)cc2ccccc21. The van der Waals surface area contributed by atoms with Gasteiger partial charge in [0.2, 0.25) is 0 Å². The van der Waals surface area contributed by atoms with Crippen molar-refractivity contribution in [3.63, 3.8) is 0 Å². The van der Waals surface area contributed by atoms with Crippen LogP contribution in [0, 0.1) is 0 Å². The number of amides is 2. The van der Waals surface area contributed by atoms with Gasteiger partial charge >= 0.3 is 6.09 Å². The lowest BCUT2D eigenvalue weighted by molar-refractivity contribution is 0.0615. The zero-order valence-electron chi connectivity index (χ0n) is 13.3. The first-order chi connectivity index (χ1) is 11.6. The summed E-state index contributed by atoms with van der Waals surface area (Å²) in [5.74, 6) is -0.291. The van der Waals surface area contributed by atoms with E-state index >= 15 is 0 Å². The number of aromatic nitrogens is 1. The van der Waals surface area contributed by atoms with Crippen molar-refractivity contribution in [3.05, 3.63) is 46.2 Å². The van der Waals surface area contributed by atoms with E-state index in [1.807, 2.05) is 24.3 Å². The summed E-state index contributed by atoms with van der Waals surface area (Å²) >= 11 is 0. The number of piperazine rings is 1. The minimum absolute atomic E-state index is 0.125. The Morgan fingerprint density at radius 3 is 2.83 bits per heavy atom. The van der Waals surface area contributed by atoms with E-state index in [0.717, 1.165) is 10.9 Å². The van der Waals surface area contributed by atoms with E-state index < -0.39 is 0 Å². The highest BCUT2D eigenvalue weighted by Crippen LogP contribution is 2.20. The molecule has 2 aromatic rings. The minimum atomic E-state index is -0.325. The Kier molecular flexibility index (Phi) is 3.30. The Balaban J connectivity index is 1.68. The van der Waals surface area contributed by atoms with Gasteiger partial charge in [0.1, 0.15) is 12.2 Å². The highest BCUT2D eigenvalue weighted by molar-refractivity contribution is 5.97. The number of hydrogen-bond acceptors (Lipinski definition) is 4. The topological polar surface area (TPSA) is 71.9 Å². The number of cyclic esters (lactones) is 1. The van der Waals surface area contributed by atoms with Crippen LogP contribution in [0.25, 0.3) is 10.9 Å². The normalized spacial score (nSPS) is 20.2. The van der Waals surface area contributed by atoms with E-state index in [9.17, 15) is 14.4 Å². The van der Waals surface area contributed by atoms with Gasteiger partial charge in [-0.2, -0.15) is 0 Å². The molecule has 2 amide bonds. The summed E-state index contributed by atoms with van der Waals surface area (Å²) in [6.07, 6.45) is -0.325. The van der Waals surface area contributed by atoms with Crippen molar-refractivity contribution >= 4 is 22.9 Å². The number of benzene rings is 1. The number of carbonyl (C=O) groups excluding carboxylic acids is 2. The number of rotatable bonds is 1. The lowest BCUT2D eigenvalue weighted by Gasteiger charge is -2.35. The third kappa shape index (κ3) is 2.16. The van der Waals surface area contributed by atoms with Crippen molar-refractivity contribution in [3.8, 4) is 0 Å². The van der Waals surface area contributed by atoms with Crippen molar-refractivity contribution in [2.45, 2.75) is 6.04 Å². The van der Waals surface area contributed by atoms with Crippen molar-refractivity contribution in [2.24, 2.45) is 7.05 Å². The van der Waals surface area contributed by atoms with Crippen LogP contribution in [0.3, 0.4) is 0 Å². The molecule has 7 nitrogen and oxygen atoms in total. The largest absolute Gasteiger partial charge is 0.447 e. The standard InChI is InChI=1S/C17H17N3O4/c1-18-14-5-3-2-4-11(14)8-13(15(18)21)16(22)19-6-7-20-12(9-19)10-24-17(20)23/h2-5,8,12H,6-7,9-10H2,1H3. The number of carbonyl (C=O) groups is 2. The average molecular weight is 327 g/mol. The number of fused-ring (bicyclic) bond motifs is 2. The van der Waals surface area contributed by atoms with Crippen LogP contribution < -0.4 is 5.56 Å². The maximum absolute atomic E-state index is 12.9. The van der Waals surface area contributed by atoms with Crippen LogP contribution in [0.2, 0.25) is 0 Å². The van der Waals surface area contributed by atoms with E-state index in [0.29, 0.717) is 26.2 Å². The van der Waals surface area contributed by atoms with Gasteiger partial charge in [-0.1, -0.05) is 18.2 Å². The predicted octanol–water partition coefficient (Wildman–Crippen LogP) is 0.815. The maximum Gasteiger partial charge on any atom is 0.410 e. The molecule has 0 bridgehead atoms. The van der Waals surface area contributed by atoms with Gasteiger partial charge < -0.3 is 14.2 Å². The number of hydrogen-bond donors (Lipinski definition) is 0. The molecule has 0 saturated carbocycles. The molecule has 124 valence electrons. The van der Waals surface area contributed by atoms with Gasteiger partial charge in [-0.25, -0.2) is 4.79 Å². The third-order valence-corrected chi connectivity index (χ3v) is 4.77. The van der Waals surface area contributed by atoms with Crippen molar-refractivity contribution in [1.82, 2.24) is 14.4 Å². The quantitative estimate of drug-likeness (QED) is 0.777. The van der Waals surface area contributed by atoms with Crippen LogP contribution in [0.4, 0.5) is 4.79 Å². The molecule has 0 aliphatic carbocycles. The predicted molar refractivity (Wildman–Crippen MR) is 86.9 cm³/mol. The Bertz CT molecular complexity index is 904. The average Bonchev–Trinajstić information content (AvgIpc) is 2.98. The van der Waals surface area contributed by atoms with Gasteiger partial charge in [0, 0.05) is 26.7 Å². The highest BCUT2D eigenvalue weighted by Gasteiger charge is 2.39. The van der Waals surface area contributed by atoms with Crippen LogP contribution >= 0.6 is 0 Å². The van der Waals surface area contributed by atoms with E-state index in [2.05, 4.69) is 0 Å². The molecule has 1 unspecified atom stereocenters. The number of pyridine rings is 1. The molecule has 3 heterocycles. The van der Waals surface area contributed by atoms with Gasteiger partial charge in [0.05, 0.1) is 11.6 Å². The molecule has 2 aliphatic rings. The molecule has 2 saturated heterocycles. The van der Waals surface area contributed by atoms with Gasteiger partial charge in [0.25, 0.3) is 11.5 Å².